The maximum Gasteiger partial charge on any atom is 0.255 e. The summed E-state index contributed by atoms with van der Waals surface area (Å²) in [6.45, 7) is 10.6. The van der Waals surface area contributed by atoms with Crippen LogP contribution in [0.25, 0.3) is 0 Å². The molecule has 0 radical (unpaired) electrons. The van der Waals surface area contributed by atoms with Crippen molar-refractivity contribution in [3.8, 4) is 5.75 Å². The molecule has 7 heteroatoms. The van der Waals surface area contributed by atoms with E-state index in [0.717, 1.165) is 28.0 Å². The Balaban J connectivity index is 1.73. The summed E-state index contributed by atoms with van der Waals surface area (Å²) >= 11 is 12.7. The number of aryl methyl sites for hydroxylation is 1. The van der Waals surface area contributed by atoms with E-state index >= 15 is 0 Å². The summed E-state index contributed by atoms with van der Waals surface area (Å²) in [4.78, 5) is 16.3. The van der Waals surface area contributed by atoms with Crippen molar-refractivity contribution in [2.75, 3.05) is 13.7 Å². The SMILES string of the molecule is C=CC[C@@]1(C)O[C@H](c2cccc(Cl)c2)[C@@H](c2ccc(Cl)cc2)N([C@@H](CC)COCc2ccc(C)c(OC)c2)C1=O. The van der Waals surface area contributed by atoms with E-state index in [2.05, 4.69) is 13.5 Å². The summed E-state index contributed by atoms with van der Waals surface area (Å²) in [5.74, 6) is 0.724. The van der Waals surface area contributed by atoms with Crippen molar-refractivity contribution in [1.82, 2.24) is 4.90 Å². The minimum Gasteiger partial charge on any atom is -0.496 e. The Morgan fingerprint density at radius 3 is 2.48 bits per heavy atom. The Labute approximate surface area is 247 Å². The number of benzene rings is 3. The maximum atomic E-state index is 14.3. The van der Waals surface area contributed by atoms with Gasteiger partial charge in [0.2, 0.25) is 0 Å². The van der Waals surface area contributed by atoms with Gasteiger partial charge in [0, 0.05) is 16.5 Å². The highest BCUT2D eigenvalue weighted by molar-refractivity contribution is 6.30. The highest BCUT2D eigenvalue weighted by Crippen LogP contribution is 2.48. The fourth-order valence-electron chi connectivity index (χ4n) is 5.34. The predicted octanol–water partition coefficient (Wildman–Crippen LogP) is 8.28. The average molecular weight is 583 g/mol. The standard InChI is InChI=1S/C33H37Cl2NO4/c1-6-17-33(4)32(37)36(28(7-2)21-39-20-23-12-11-22(3)29(18-23)38-5)30(24-13-15-26(34)16-14-24)31(40-33)25-9-8-10-27(35)19-25/h6,8-16,18-19,28,30-31H,1,7,17,20-21H2,2-5H3/t28-,30+,31+,33+/m0/s1. The van der Waals surface area contributed by atoms with Gasteiger partial charge in [-0.15, -0.1) is 6.58 Å². The van der Waals surface area contributed by atoms with Crippen molar-refractivity contribution in [3.05, 3.63) is 112 Å². The molecule has 0 spiro atoms. The summed E-state index contributed by atoms with van der Waals surface area (Å²) in [6.07, 6.45) is 2.32. The third kappa shape index (κ3) is 6.55. The number of carbonyl (C=O) groups excluding carboxylic acids is 1. The molecule has 0 N–H and O–H groups in total. The van der Waals surface area contributed by atoms with Gasteiger partial charge in [-0.05, 0) is 72.9 Å². The van der Waals surface area contributed by atoms with Crippen molar-refractivity contribution in [3.63, 3.8) is 0 Å². The summed E-state index contributed by atoms with van der Waals surface area (Å²) in [5, 5.41) is 1.23. The lowest BCUT2D eigenvalue weighted by Gasteiger charge is -2.51. The van der Waals surface area contributed by atoms with Gasteiger partial charge in [-0.2, -0.15) is 0 Å². The highest BCUT2D eigenvalue weighted by atomic mass is 35.5. The molecule has 212 valence electrons. The van der Waals surface area contributed by atoms with E-state index < -0.39 is 17.7 Å². The Bertz CT molecular complexity index is 1330. The zero-order chi connectivity index (χ0) is 28.9. The molecule has 1 saturated heterocycles. The first-order valence-electron chi connectivity index (χ1n) is 13.5. The second-order valence-corrected chi connectivity index (χ2v) is 11.3. The van der Waals surface area contributed by atoms with E-state index in [-0.39, 0.29) is 11.9 Å². The molecule has 0 aliphatic carbocycles. The lowest BCUT2D eigenvalue weighted by atomic mass is 9.86. The molecule has 3 aromatic carbocycles. The molecule has 0 unspecified atom stereocenters. The topological polar surface area (TPSA) is 48.0 Å². The second kappa shape index (κ2) is 13.2. The zero-order valence-corrected chi connectivity index (χ0v) is 25.0. The van der Waals surface area contributed by atoms with Gasteiger partial charge < -0.3 is 19.1 Å². The van der Waals surface area contributed by atoms with Crippen LogP contribution in [0, 0.1) is 6.92 Å². The molecule has 3 aromatic rings. The Hall–Kier alpha value is -2.83. The number of morpholine rings is 1. The molecule has 4 atom stereocenters. The van der Waals surface area contributed by atoms with Crippen LogP contribution < -0.4 is 4.74 Å². The molecule has 0 aromatic heterocycles. The van der Waals surface area contributed by atoms with Crippen LogP contribution in [-0.4, -0.2) is 36.2 Å². The molecule has 40 heavy (non-hydrogen) atoms. The van der Waals surface area contributed by atoms with Gasteiger partial charge in [-0.1, -0.05) is 72.6 Å². The predicted molar refractivity (Wildman–Crippen MR) is 161 cm³/mol. The van der Waals surface area contributed by atoms with Gasteiger partial charge in [0.05, 0.1) is 32.4 Å². The molecule has 1 amide bonds. The first-order valence-corrected chi connectivity index (χ1v) is 14.3. The minimum atomic E-state index is -1.10. The molecule has 4 rings (SSSR count). The number of methoxy groups -OCH3 is 1. The van der Waals surface area contributed by atoms with Gasteiger partial charge in [0.15, 0.2) is 0 Å². The monoisotopic (exact) mass is 581 g/mol. The van der Waals surface area contributed by atoms with E-state index in [9.17, 15) is 4.79 Å². The number of hydrogen-bond donors (Lipinski definition) is 0. The lowest BCUT2D eigenvalue weighted by Crippen LogP contribution is -2.60. The molecule has 0 bridgehead atoms. The van der Waals surface area contributed by atoms with Crippen LogP contribution in [-0.2, 0) is 20.9 Å². The molecule has 1 heterocycles. The highest BCUT2D eigenvalue weighted by Gasteiger charge is 2.52. The maximum absolute atomic E-state index is 14.3. The van der Waals surface area contributed by atoms with E-state index in [4.69, 9.17) is 37.4 Å². The Morgan fingerprint density at radius 1 is 1.07 bits per heavy atom. The van der Waals surface area contributed by atoms with Crippen LogP contribution in [0.2, 0.25) is 10.0 Å². The number of carbonyl (C=O) groups is 1. The van der Waals surface area contributed by atoms with Crippen molar-refractivity contribution in [2.24, 2.45) is 0 Å². The number of amides is 1. The average Bonchev–Trinajstić information content (AvgIpc) is 2.94. The molecule has 0 saturated carbocycles. The summed E-state index contributed by atoms with van der Waals surface area (Å²) in [7, 11) is 1.66. The fraction of sp³-hybridized carbons (Fsp3) is 0.364. The van der Waals surface area contributed by atoms with Crippen LogP contribution in [0.15, 0.2) is 79.4 Å². The molecule has 1 fully saturated rings. The van der Waals surface area contributed by atoms with Crippen molar-refractivity contribution in [1.29, 1.82) is 0 Å². The molecule has 1 aliphatic rings. The smallest absolute Gasteiger partial charge is 0.255 e. The number of ether oxygens (including phenoxy) is 3. The number of hydrogen-bond acceptors (Lipinski definition) is 4. The summed E-state index contributed by atoms with van der Waals surface area (Å²) in [5.41, 5.74) is 2.78. The fourth-order valence-corrected chi connectivity index (χ4v) is 5.66. The van der Waals surface area contributed by atoms with E-state index in [0.29, 0.717) is 36.1 Å². The quantitative estimate of drug-likeness (QED) is 0.214. The van der Waals surface area contributed by atoms with Crippen LogP contribution in [0.3, 0.4) is 0 Å². The second-order valence-electron chi connectivity index (χ2n) is 10.4. The zero-order valence-electron chi connectivity index (χ0n) is 23.5. The van der Waals surface area contributed by atoms with Gasteiger partial charge in [0.1, 0.15) is 17.5 Å². The van der Waals surface area contributed by atoms with Crippen LogP contribution in [0.5, 0.6) is 5.75 Å². The first-order chi connectivity index (χ1) is 19.2. The summed E-state index contributed by atoms with van der Waals surface area (Å²) < 4.78 is 18.4. The molecule has 1 aliphatic heterocycles. The van der Waals surface area contributed by atoms with Gasteiger partial charge in [-0.25, -0.2) is 0 Å². The van der Waals surface area contributed by atoms with Crippen molar-refractivity contribution >= 4 is 29.1 Å². The summed E-state index contributed by atoms with van der Waals surface area (Å²) in [6, 6.07) is 20.6. The van der Waals surface area contributed by atoms with Gasteiger partial charge >= 0.3 is 0 Å². The third-order valence-corrected chi connectivity index (χ3v) is 7.99. The normalized spacial score (nSPS) is 21.8. The van der Waals surface area contributed by atoms with E-state index in [1.807, 2.05) is 85.5 Å². The number of halogens is 2. The van der Waals surface area contributed by atoms with Crippen molar-refractivity contribution < 1.29 is 19.0 Å². The first kappa shape index (κ1) is 30.1. The van der Waals surface area contributed by atoms with Gasteiger partial charge in [-0.3, -0.25) is 4.79 Å². The van der Waals surface area contributed by atoms with E-state index in [1.165, 1.54) is 0 Å². The third-order valence-electron chi connectivity index (χ3n) is 7.50. The molecular formula is C33H37Cl2NO4. The molecular weight excluding hydrogens is 545 g/mol. The van der Waals surface area contributed by atoms with Crippen LogP contribution in [0.4, 0.5) is 0 Å². The van der Waals surface area contributed by atoms with Crippen LogP contribution >= 0.6 is 23.2 Å². The largest absolute Gasteiger partial charge is 0.496 e. The lowest BCUT2D eigenvalue weighted by molar-refractivity contribution is -0.204. The Kier molecular flexibility index (Phi) is 9.96. The Morgan fingerprint density at radius 2 is 1.82 bits per heavy atom. The van der Waals surface area contributed by atoms with Crippen LogP contribution in [0.1, 0.15) is 61.1 Å². The van der Waals surface area contributed by atoms with E-state index in [1.54, 1.807) is 13.2 Å². The number of rotatable bonds is 11. The molecule has 5 nitrogen and oxygen atoms in total. The minimum absolute atomic E-state index is 0.0990. The number of nitrogens with zero attached hydrogens (tertiary/aromatic N) is 1. The van der Waals surface area contributed by atoms with Crippen molar-refractivity contribution in [2.45, 2.75) is 64.0 Å². The van der Waals surface area contributed by atoms with Gasteiger partial charge in [0.25, 0.3) is 5.91 Å².